The van der Waals surface area contributed by atoms with Crippen LogP contribution in [0.15, 0.2) is 71.6 Å². The van der Waals surface area contributed by atoms with Crippen molar-refractivity contribution in [3.8, 4) is 5.75 Å². The number of carbonyl (C=O) groups is 2. The van der Waals surface area contributed by atoms with Crippen LogP contribution in [-0.4, -0.2) is 28.8 Å². The van der Waals surface area contributed by atoms with E-state index in [1.807, 2.05) is 48.7 Å². The van der Waals surface area contributed by atoms with Gasteiger partial charge < -0.3 is 14.7 Å². The summed E-state index contributed by atoms with van der Waals surface area (Å²) < 4.78 is 5.23. The summed E-state index contributed by atoms with van der Waals surface area (Å²) in [5.74, 6) is -0.779. The summed E-state index contributed by atoms with van der Waals surface area (Å²) in [5.41, 5.74) is 2.38. The van der Waals surface area contributed by atoms with Crippen molar-refractivity contribution in [1.82, 2.24) is 4.90 Å². The highest BCUT2D eigenvalue weighted by Crippen LogP contribution is 2.41. The van der Waals surface area contributed by atoms with E-state index >= 15 is 0 Å². The largest absolute Gasteiger partial charge is 0.507 e. The molecule has 1 fully saturated rings. The number of ketones is 1. The van der Waals surface area contributed by atoms with Crippen molar-refractivity contribution in [2.24, 2.45) is 0 Å². The Kier molecular flexibility index (Phi) is 5.42. The predicted octanol–water partition coefficient (Wildman–Crippen LogP) is 4.69. The van der Waals surface area contributed by atoms with Crippen LogP contribution < -0.4 is 4.74 Å². The van der Waals surface area contributed by atoms with Crippen LogP contribution in [0.4, 0.5) is 0 Å². The number of ether oxygens (including phenoxy) is 1. The molecule has 4 rings (SSSR count). The van der Waals surface area contributed by atoms with Gasteiger partial charge >= 0.3 is 0 Å². The third-order valence-corrected chi connectivity index (χ3v) is 6.06. The van der Waals surface area contributed by atoms with Gasteiger partial charge in [-0.15, -0.1) is 11.3 Å². The number of aryl methyl sites for hydroxylation is 1. The number of carbonyl (C=O) groups excluding carboxylic acids is 2. The van der Waals surface area contributed by atoms with Gasteiger partial charge in [0, 0.05) is 10.4 Å². The number of nitrogens with zero attached hydrogens (tertiary/aromatic N) is 1. The third-order valence-electron chi connectivity index (χ3n) is 5.20. The van der Waals surface area contributed by atoms with E-state index in [9.17, 15) is 14.7 Å². The van der Waals surface area contributed by atoms with Crippen LogP contribution in [0, 0.1) is 6.92 Å². The van der Waals surface area contributed by atoms with Crippen molar-refractivity contribution >= 4 is 28.8 Å². The van der Waals surface area contributed by atoms with E-state index < -0.39 is 17.7 Å². The van der Waals surface area contributed by atoms with Crippen LogP contribution in [0.5, 0.6) is 5.75 Å². The molecule has 1 atom stereocenters. The second-order valence-corrected chi connectivity index (χ2v) is 8.18. The van der Waals surface area contributed by atoms with E-state index in [0.29, 0.717) is 17.9 Å². The van der Waals surface area contributed by atoms with Gasteiger partial charge in [0.15, 0.2) is 0 Å². The maximum absolute atomic E-state index is 13.0. The Morgan fingerprint density at radius 3 is 2.37 bits per heavy atom. The van der Waals surface area contributed by atoms with Crippen LogP contribution in [0.1, 0.15) is 27.6 Å². The molecule has 0 bridgehead atoms. The minimum atomic E-state index is -0.681. The Morgan fingerprint density at radius 1 is 1.07 bits per heavy atom. The van der Waals surface area contributed by atoms with Crippen molar-refractivity contribution in [3.05, 3.63) is 93.2 Å². The van der Waals surface area contributed by atoms with Crippen LogP contribution in [0.3, 0.4) is 0 Å². The molecule has 6 heteroatoms. The quantitative estimate of drug-likeness (QED) is 0.370. The minimum absolute atomic E-state index is 0.102. The summed E-state index contributed by atoms with van der Waals surface area (Å²) in [6.07, 6.45) is 0. The van der Waals surface area contributed by atoms with E-state index in [4.69, 9.17) is 4.74 Å². The molecule has 2 aromatic carbocycles. The van der Waals surface area contributed by atoms with Gasteiger partial charge in [0.05, 0.1) is 25.3 Å². The fraction of sp³-hybridized carbons (Fsp3) is 0.167. The van der Waals surface area contributed by atoms with Crippen molar-refractivity contribution in [2.75, 3.05) is 7.11 Å². The van der Waals surface area contributed by atoms with Crippen molar-refractivity contribution in [1.29, 1.82) is 0 Å². The second kappa shape index (κ2) is 8.16. The maximum atomic E-state index is 13.0. The van der Waals surface area contributed by atoms with Crippen molar-refractivity contribution in [3.63, 3.8) is 0 Å². The summed E-state index contributed by atoms with van der Waals surface area (Å²) in [6, 6.07) is 17.6. The van der Waals surface area contributed by atoms with Gasteiger partial charge in [-0.1, -0.05) is 48.0 Å². The summed E-state index contributed by atoms with van der Waals surface area (Å²) >= 11 is 1.52. The van der Waals surface area contributed by atoms with Crippen molar-refractivity contribution in [2.45, 2.75) is 19.5 Å². The number of thiophene rings is 1. The first-order valence-electron chi connectivity index (χ1n) is 9.51. The highest BCUT2D eigenvalue weighted by Gasteiger charge is 2.46. The number of methoxy groups -OCH3 is 1. The standard InChI is InChI=1S/C24H21NO4S/c1-15-5-7-17(8-6-15)22(26)20-21(16-9-11-18(29-2)12-10-16)25(24(28)23(20)27)14-19-4-3-13-30-19/h3-13,21,26H,14H2,1-2H3/b22-20-. The third kappa shape index (κ3) is 3.62. The molecule has 1 aromatic heterocycles. The van der Waals surface area contributed by atoms with Gasteiger partial charge in [-0.25, -0.2) is 0 Å². The van der Waals surface area contributed by atoms with Crippen LogP contribution in [0.25, 0.3) is 5.76 Å². The number of hydrogen-bond acceptors (Lipinski definition) is 5. The first kappa shape index (κ1) is 19.9. The molecular formula is C24H21NO4S. The Morgan fingerprint density at radius 2 is 1.77 bits per heavy atom. The Labute approximate surface area is 178 Å². The van der Waals surface area contributed by atoms with Gasteiger partial charge in [0.2, 0.25) is 0 Å². The molecule has 1 aliphatic rings. The number of aliphatic hydroxyl groups excluding tert-OH is 1. The molecule has 30 heavy (non-hydrogen) atoms. The number of amides is 1. The van der Waals surface area contributed by atoms with Gasteiger partial charge in [-0.05, 0) is 36.1 Å². The number of aliphatic hydroxyl groups is 1. The van der Waals surface area contributed by atoms with Gasteiger partial charge in [-0.2, -0.15) is 0 Å². The SMILES string of the molecule is COc1ccc(C2/C(=C(/O)c3ccc(C)cc3)C(=O)C(=O)N2Cc2cccs2)cc1. The Balaban J connectivity index is 1.85. The van der Waals surface area contributed by atoms with Gasteiger partial charge in [-0.3, -0.25) is 9.59 Å². The molecule has 0 aliphatic carbocycles. The second-order valence-electron chi connectivity index (χ2n) is 7.15. The molecule has 2 heterocycles. The normalized spacial score (nSPS) is 18.1. The number of likely N-dealkylation sites (tertiary alicyclic amines) is 1. The van der Waals surface area contributed by atoms with E-state index in [0.717, 1.165) is 16.0 Å². The van der Waals surface area contributed by atoms with E-state index in [-0.39, 0.29) is 11.3 Å². The van der Waals surface area contributed by atoms with Gasteiger partial charge in [0.25, 0.3) is 11.7 Å². The lowest BCUT2D eigenvalue weighted by atomic mass is 9.95. The van der Waals surface area contributed by atoms with E-state index in [2.05, 4.69) is 0 Å². The zero-order valence-electron chi connectivity index (χ0n) is 16.7. The molecule has 1 aliphatic heterocycles. The highest BCUT2D eigenvalue weighted by atomic mass is 32.1. The highest BCUT2D eigenvalue weighted by molar-refractivity contribution is 7.09. The summed E-state index contributed by atoms with van der Waals surface area (Å²) in [6.45, 7) is 2.24. The molecule has 152 valence electrons. The maximum Gasteiger partial charge on any atom is 0.295 e. The number of hydrogen-bond donors (Lipinski definition) is 1. The average molecular weight is 420 g/mol. The molecule has 0 saturated carbocycles. The lowest BCUT2D eigenvalue weighted by Crippen LogP contribution is -2.28. The fourth-order valence-electron chi connectivity index (χ4n) is 3.61. The Bertz CT molecular complexity index is 1100. The Hall–Kier alpha value is -3.38. The lowest BCUT2D eigenvalue weighted by molar-refractivity contribution is -0.140. The smallest absolute Gasteiger partial charge is 0.295 e. The molecule has 0 radical (unpaired) electrons. The van der Waals surface area contributed by atoms with Crippen LogP contribution in [0.2, 0.25) is 0 Å². The van der Waals surface area contributed by atoms with Crippen LogP contribution >= 0.6 is 11.3 Å². The topological polar surface area (TPSA) is 66.8 Å². The fourth-order valence-corrected chi connectivity index (χ4v) is 4.32. The summed E-state index contributed by atoms with van der Waals surface area (Å²) in [7, 11) is 1.58. The molecule has 1 N–H and O–H groups in total. The van der Waals surface area contributed by atoms with Gasteiger partial charge in [0.1, 0.15) is 11.5 Å². The summed E-state index contributed by atoms with van der Waals surface area (Å²) in [5, 5.41) is 13.0. The number of Topliss-reactive ketones (excluding diaryl/α,β-unsaturated/α-hetero) is 1. The zero-order valence-corrected chi connectivity index (χ0v) is 17.5. The molecule has 5 nitrogen and oxygen atoms in total. The molecule has 1 amide bonds. The zero-order chi connectivity index (χ0) is 21.3. The molecule has 1 saturated heterocycles. The number of benzene rings is 2. The first-order valence-corrected chi connectivity index (χ1v) is 10.4. The minimum Gasteiger partial charge on any atom is -0.507 e. The monoisotopic (exact) mass is 419 g/mol. The van der Waals surface area contributed by atoms with E-state index in [1.54, 1.807) is 31.4 Å². The van der Waals surface area contributed by atoms with Crippen LogP contribution in [-0.2, 0) is 16.1 Å². The molecule has 3 aromatic rings. The average Bonchev–Trinajstić information content (AvgIpc) is 3.36. The number of rotatable bonds is 5. The van der Waals surface area contributed by atoms with Crippen molar-refractivity contribution < 1.29 is 19.4 Å². The molecule has 1 unspecified atom stereocenters. The first-order chi connectivity index (χ1) is 14.5. The predicted molar refractivity (Wildman–Crippen MR) is 116 cm³/mol. The molecule has 0 spiro atoms. The molecular weight excluding hydrogens is 398 g/mol. The lowest BCUT2D eigenvalue weighted by Gasteiger charge is -2.25. The summed E-state index contributed by atoms with van der Waals surface area (Å²) in [4.78, 5) is 28.4. The van der Waals surface area contributed by atoms with E-state index in [1.165, 1.54) is 16.2 Å².